The number of carboxylic acid groups (broad SMARTS) is 1. The number of carboxylic acids is 1. The number of thiazole rings is 1. The number of esters is 1. The highest BCUT2D eigenvalue weighted by Gasteiger charge is 2.37. The number of piperidine rings is 1. The first-order valence-corrected chi connectivity index (χ1v) is 17.8. The molecule has 1 saturated heterocycles. The van der Waals surface area contributed by atoms with Crippen molar-refractivity contribution in [2.24, 2.45) is 11.8 Å². The van der Waals surface area contributed by atoms with Crippen molar-refractivity contribution >= 4 is 46.7 Å². The molecule has 0 saturated carbocycles. The average molecular weight is 701 g/mol. The first kappa shape index (κ1) is 39.4. The van der Waals surface area contributed by atoms with E-state index in [4.69, 9.17) is 10.5 Å². The summed E-state index contributed by atoms with van der Waals surface area (Å²) in [5, 5.41) is 17.2. The zero-order chi connectivity index (χ0) is 36.4. The van der Waals surface area contributed by atoms with E-state index in [1.807, 2.05) is 39.6 Å². The van der Waals surface area contributed by atoms with Crippen LogP contribution in [0.15, 0.2) is 29.6 Å². The Bertz CT molecular complexity index is 1450. The zero-order valence-corrected chi connectivity index (χ0v) is 30.4. The fourth-order valence-corrected chi connectivity index (χ4v) is 6.92. The first-order chi connectivity index (χ1) is 23.1. The quantitative estimate of drug-likeness (QED) is 0.149. The highest BCUT2D eigenvalue weighted by molar-refractivity contribution is 7.09. The predicted molar refractivity (Wildman–Crippen MR) is 188 cm³/mol. The minimum absolute atomic E-state index is 0.0153. The van der Waals surface area contributed by atoms with Crippen LogP contribution >= 0.6 is 11.3 Å². The van der Waals surface area contributed by atoms with Crippen molar-refractivity contribution < 1.29 is 33.8 Å². The Morgan fingerprint density at radius 1 is 1.12 bits per heavy atom. The normalized spacial score (nSPS) is 18.1. The number of nitrogen functional groups attached to an aromatic ring is 1. The summed E-state index contributed by atoms with van der Waals surface area (Å²) in [6, 6.07) is 4.05. The fraction of sp³-hybridized carbons (Fsp3) is 0.600. The van der Waals surface area contributed by atoms with E-state index in [0.29, 0.717) is 22.7 Å². The van der Waals surface area contributed by atoms with Crippen molar-refractivity contribution in [1.82, 2.24) is 25.4 Å². The number of amides is 3. The van der Waals surface area contributed by atoms with E-state index in [-0.39, 0.29) is 48.2 Å². The van der Waals surface area contributed by atoms with Gasteiger partial charge in [0.15, 0.2) is 6.10 Å². The van der Waals surface area contributed by atoms with Gasteiger partial charge < -0.3 is 31.1 Å². The third-order valence-corrected chi connectivity index (χ3v) is 10.2. The summed E-state index contributed by atoms with van der Waals surface area (Å²) in [5.41, 5.74) is 6.94. The van der Waals surface area contributed by atoms with Gasteiger partial charge in [-0.25, -0.2) is 9.78 Å². The Labute approximate surface area is 293 Å². The summed E-state index contributed by atoms with van der Waals surface area (Å²) in [6.45, 7) is 9.95. The van der Waals surface area contributed by atoms with Gasteiger partial charge in [-0.1, -0.05) is 52.7 Å². The molecular weight excluding hydrogens is 648 g/mol. The van der Waals surface area contributed by atoms with Crippen LogP contribution in [0.1, 0.15) is 93.9 Å². The molecular formula is C35H52N6O7S. The molecule has 6 atom stereocenters. The van der Waals surface area contributed by atoms with Crippen molar-refractivity contribution in [3.63, 3.8) is 0 Å². The number of ether oxygens (including phenoxy) is 1. The number of rotatable bonds is 16. The zero-order valence-electron chi connectivity index (χ0n) is 29.6. The molecule has 5 N–H and O–H groups in total. The van der Waals surface area contributed by atoms with Crippen molar-refractivity contribution in [3.8, 4) is 0 Å². The molecule has 2 aromatic rings. The molecule has 1 aliphatic rings. The Balaban J connectivity index is 1.79. The smallest absolute Gasteiger partial charge is 0.326 e. The number of anilines is 1. The van der Waals surface area contributed by atoms with Gasteiger partial charge >= 0.3 is 11.9 Å². The van der Waals surface area contributed by atoms with E-state index in [1.54, 1.807) is 36.2 Å². The number of likely N-dealkylation sites (N-methyl/N-ethyl adjacent to an activating group) is 2. The first-order valence-electron chi connectivity index (χ1n) is 16.9. The van der Waals surface area contributed by atoms with Crippen molar-refractivity contribution in [1.29, 1.82) is 0 Å². The Kier molecular flexibility index (Phi) is 14.5. The summed E-state index contributed by atoms with van der Waals surface area (Å²) < 4.78 is 5.69. The second kappa shape index (κ2) is 18.1. The molecule has 1 fully saturated rings. The number of aromatic nitrogens is 1. The van der Waals surface area contributed by atoms with Crippen LogP contribution in [0.4, 0.5) is 5.69 Å². The van der Waals surface area contributed by atoms with Crippen molar-refractivity contribution in [3.05, 3.63) is 45.9 Å². The van der Waals surface area contributed by atoms with Crippen LogP contribution in [0, 0.1) is 11.8 Å². The standard InChI is InChI=1S/C35H52N6O7S/c1-8-21(4)30(39-32(44)27-11-9-10-16-40(27)6)34(45)41(7)28(20(2)3)18-29(48-22(5)42)33-38-26(19-49-33)31(43)37-25(35(46)47)17-23-12-14-24(36)15-13-23/h12-15,19-21,25,27-30H,8-11,16-18,36H2,1-7H3,(H,37,43)(H,39,44)(H,46,47)/t21-,25-,27+,28+,29+,30-/m0/s1. The molecule has 0 spiro atoms. The minimum atomic E-state index is -1.21. The molecule has 1 aromatic heterocycles. The van der Waals surface area contributed by atoms with Gasteiger partial charge in [0.05, 0.1) is 6.04 Å². The van der Waals surface area contributed by atoms with Crippen LogP contribution in [-0.2, 0) is 30.3 Å². The molecule has 3 amide bonds. The van der Waals surface area contributed by atoms with Crippen LogP contribution in [-0.4, -0.2) is 94.4 Å². The van der Waals surface area contributed by atoms with Gasteiger partial charge in [-0.05, 0) is 56.0 Å². The van der Waals surface area contributed by atoms with Gasteiger partial charge in [0, 0.05) is 43.9 Å². The number of aliphatic carboxylic acids is 1. The average Bonchev–Trinajstić information content (AvgIpc) is 3.55. The second-order valence-electron chi connectivity index (χ2n) is 13.3. The van der Waals surface area contributed by atoms with Crippen LogP contribution < -0.4 is 16.4 Å². The fourth-order valence-electron chi connectivity index (χ4n) is 6.08. The molecule has 1 aromatic carbocycles. The molecule has 49 heavy (non-hydrogen) atoms. The third-order valence-electron chi connectivity index (χ3n) is 9.28. The van der Waals surface area contributed by atoms with Gasteiger partial charge in [0.2, 0.25) is 11.8 Å². The lowest BCUT2D eigenvalue weighted by molar-refractivity contribution is -0.149. The van der Waals surface area contributed by atoms with E-state index < -0.39 is 42.1 Å². The van der Waals surface area contributed by atoms with Gasteiger partial charge in [-0.2, -0.15) is 0 Å². The highest BCUT2D eigenvalue weighted by Crippen LogP contribution is 2.31. The van der Waals surface area contributed by atoms with Crippen molar-refractivity contribution in [2.45, 2.75) is 103 Å². The number of hydrogen-bond acceptors (Lipinski definition) is 10. The molecule has 0 unspecified atom stereocenters. The summed E-state index contributed by atoms with van der Waals surface area (Å²) in [7, 11) is 3.62. The van der Waals surface area contributed by atoms with Gasteiger partial charge in [0.1, 0.15) is 22.8 Å². The summed E-state index contributed by atoms with van der Waals surface area (Å²) >= 11 is 1.11. The number of benzene rings is 1. The molecule has 14 heteroatoms. The van der Waals surface area contributed by atoms with Gasteiger partial charge in [-0.15, -0.1) is 11.3 Å². The van der Waals surface area contributed by atoms with E-state index in [0.717, 1.165) is 37.1 Å². The lowest BCUT2D eigenvalue weighted by Crippen LogP contribution is -2.58. The van der Waals surface area contributed by atoms with Gasteiger partial charge in [0.25, 0.3) is 5.91 Å². The second-order valence-corrected chi connectivity index (χ2v) is 14.2. The molecule has 0 radical (unpaired) electrons. The summed E-state index contributed by atoms with van der Waals surface area (Å²) in [5.74, 6) is -3.03. The van der Waals surface area contributed by atoms with Crippen LogP contribution in [0.2, 0.25) is 0 Å². The van der Waals surface area contributed by atoms with E-state index in [2.05, 4.69) is 15.6 Å². The molecule has 270 valence electrons. The number of carbonyl (C=O) groups is 5. The number of nitrogens with zero attached hydrogens (tertiary/aromatic N) is 3. The summed E-state index contributed by atoms with van der Waals surface area (Å²) in [6.07, 6.45) is 2.77. The van der Waals surface area contributed by atoms with Crippen molar-refractivity contribution in [2.75, 3.05) is 26.4 Å². The lowest BCUT2D eigenvalue weighted by Gasteiger charge is -2.38. The van der Waals surface area contributed by atoms with Crippen LogP contribution in [0.3, 0.4) is 0 Å². The molecule has 0 aliphatic carbocycles. The molecule has 1 aliphatic heterocycles. The number of hydrogen-bond donors (Lipinski definition) is 4. The number of likely N-dealkylation sites (tertiary alicyclic amines) is 1. The maximum atomic E-state index is 14.1. The monoisotopic (exact) mass is 700 g/mol. The molecule has 2 heterocycles. The van der Waals surface area contributed by atoms with Gasteiger partial charge in [-0.3, -0.25) is 24.1 Å². The maximum Gasteiger partial charge on any atom is 0.326 e. The maximum absolute atomic E-state index is 14.1. The predicted octanol–water partition coefficient (Wildman–Crippen LogP) is 3.64. The number of nitrogens with one attached hydrogen (secondary N) is 2. The number of carbonyl (C=O) groups excluding carboxylic acids is 4. The molecule has 13 nitrogen and oxygen atoms in total. The highest BCUT2D eigenvalue weighted by atomic mass is 32.1. The van der Waals surface area contributed by atoms with E-state index in [1.165, 1.54) is 12.3 Å². The largest absolute Gasteiger partial charge is 0.480 e. The Hall–Kier alpha value is -4.04. The Morgan fingerprint density at radius 2 is 1.80 bits per heavy atom. The SMILES string of the molecule is CC[C@H](C)[C@H](NC(=O)[C@H]1CCCCN1C)C(=O)N(C)[C@H](C[C@@H](OC(C)=O)c1nc(C(=O)N[C@@H](Cc2ccc(N)cc2)C(=O)O)cs1)C(C)C. The topological polar surface area (TPSA) is 184 Å². The van der Waals surface area contributed by atoms with E-state index >= 15 is 0 Å². The minimum Gasteiger partial charge on any atom is -0.480 e. The molecule has 3 rings (SSSR count). The third kappa shape index (κ3) is 11.0. The lowest BCUT2D eigenvalue weighted by atomic mass is 9.92. The Morgan fingerprint density at radius 3 is 2.37 bits per heavy atom. The van der Waals surface area contributed by atoms with Crippen LogP contribution in [0.25, 0.3) is 0 Å². The summed E-state index contributed by atoms with van der Waals surface area (Å²) in [4.78, 5) is 72.9. The number of nitrogens with two attached hydrogens (primary N) is 1. The molecule has 0 bridgehead atoms. The van der Waals surface area contributed by atoms with Crippen LogP contribution in [0.5, 0.6) is 0 Å². The van der Waals surface area contributed by atoms with E-state index in [9.17, 15) is 29.1 Å².